The Bertz CT molecular complexity index is 199. The zero-order valence-corrected chi connectivity index (χ0v) is 5.70. The Balaban J connectivity index is 0.000000490. The van der Waals surface area contributed by atoms with Gasteiger partial charge in [0.05, 0.1) is 0 Å². The second-order valence-electron chi connectivity index (χ2n) is 1.11. The van der Waals surface area contributed by atoms with Crippen molar-refractivity contribution in [2.24, 2.45) is 0 Å². The van der Waals surface area contributed by atoms with E-state index in [-0.39, 0.29) is 19.5 Å². The van der Waals surface area contributed by atoms with Crippen LogP contribution in [0.3, 0.4) is 0 Å². The van der Waals surface area contributed by atoms with E-state index in [1.54, 1.807) is 6.92 Å². The molecular formula is C4H3O3Rh+. The normalized spacial score (nSPS) is 8.12. The first-order valence-electron chi connectivity index (χ1n) is 1.77. The van der Waals surface area contributed by atoms with Gasteiger partial charge in [0.25, 0.3) is 0 Å². The van der Waals surface area contributed by atoms with E-state index in [1.807, 2.05) is 0 Å². The van der Waals surface area contributed by atoms with Gasteiger partial charge in [0.15, 0.2) is 0 Å². The molecule has 4 heteroatoms. The SMILES string of the molecule is Cc1[c-]oc(=O)o1.[Rh+2]. The van der Waals surface area contributed by atoms with E-state index in [0.717, 1.165) is 0 Å². The largest absolute Gasteiger partial charge is 2.00 e. The van der Waals surface area contributed by atoms with Crippen molar-refractivity contribution in [3.05, 3.63) is 22.6 Å². The van der Waals surface area contributed by atoms with Crippen LogP contribution < -0.4 is 5.82 Å². The van der Waals surface area contributed by atoms with Crippen molar-refractivity contribution < 1.29 is 28.3 Å². The van der Waals surface area contributed by atoms with Gasteiger partial charge in [-0.25, -0.2) is 0 Å². The summed E-state index contributed by atoms with van der Waals surface area (Å²) >= 11 is 0. The first-order valence-corrected chi connectivity index (χ1v) is 1.77. The van der Waals surface area contributed by atoms with Crippen LogP contribution in [0.5, 0.6) is 0 Å². The summed E-state index contributed by atoms with van der Waals surface area (Å²) in [6.45, 7) is 1.59. The summed E-state index contributed by atoms with van der Waals surface area (Å²) in [6, 6.07) is 0. The fourth-order valence-corrected chi connectivity index (χ4v) is 0.280. The predicted octanol–water partition coefficient (Wildman–Crippen LogP) is 0.339. The Morgan fingerprint density at radius 3 is 2.38 bits per heavy atom. The summed E-state index contributed by atoms with van der Waals surface area (Å²) < 4.78 is 8.42. The van der Waals surface area contributed by atoms with Crippen LogP contribution in [0.15, 0.2) is 13.6 Å². The maximum absolute atomic E-state index is 9.93. The van der Waals surface area contributed by atoms with Crippen LogP contribution in [0.1, 0.15) is 5.76 Å². The minimum atomic E-state index is -0.697. The van der Waals surface area contributed by atoms with Gasteiger partial charge < -0.3 is 13.6 Å². The van der Waals surface area contributed by atoms with Crippen LogP contribution in [-0.2, 0) is 19.5 Å². The van der Waals surface area contributed by atoms with Gasteiger partial charge in [0.2, 0.25) is 0 Å². The van der Waals surface area contributed by atoms with Crippen LogP contribution in [0, 0.1) is 13.2 Å². The van der Waals surface area contributed by atoms with Gasteiger partial charge >= 0.3 is 25.3 Å². The summed E-state index contributed by atoms with van der Waals surface area (Å²) in [6.07, 6.45) is 2.21. The molecule has 8 heavy (non-hydrogen) atoms. The van der Waals surface area contributed by atoms with Crippen LogP contribution >= 0.6 is 0 Å². The minimum absolute atomic E-state index is 0. The molecule has 1 aromatic rings. The summed E-state index contributed by atoms with van der Waals surface area (Å²) in [5.74, 6) is -0.317. The maximum atomic E-state index is 9.93. The number of rotatable bonds is 0. The molecule has 0 aliphatic heterocycles. The van der Waals surface area contributed by atoms with E-state index in [1.165, 1.54) is 0 Å². The molecule has 0 spiro atoms. The molecular weight excluding hydrogens is 199 g/mol. The third-order valence-electron chi connectivity index (χ3n) is 0.515. The Morgan fingerprint density at radius 2 is 2.25 bits per heavy atom. The van der Waals surface area contributed by atoms with Gasteiger partial charge in [-0.05, 0) is 13.2 Å². The van der Waals surface area contributed by atoms with E-state index >= 15 is 0 Å². The number of aryl methyl sites for hydroxylation is 1. The van der Waals surface area contributed by atoms with E-state index < -0.39 is 5.82 Å². The molecule has 0 N–H and O–H groups in total. The monoisotopic (exact) mass is 202 g/mol. The van der Waals surface area contributed by atoms with Gasteiger partial charge in [0.1, 0.15) is 0 Å². The zero-order valence-electron chi connectivity index (χ0n) is 4.06. The van der Waals surface area contributed by atoms with E-state index in [9.17, 15) is 4.79 Å². The molecule has 0 bridgehead atoms. The molecule has 0 amide bonds. The van der Waals surface area contributed by atoms with Crippen LogP contribution in [0.2, 0.25) is 0 Å². The van der Waals surface area contributed by atoms with Gasteiger partial charge in [-0.3, -0.25) is 0 Å². The van der Waals surface area contributed by atoms with E-state index in [0.29, 0.717) is 5.76 Å². The smallest absolute Gasteiger partial charge is 0.585 e. The quantitative estimate of drug-likeness (QED) is 0.450. The molecule has 1 rings (SSSR count). The first-order chi connectivity index (χ1) is 3.29. The summed E-state index contributed by atoms with van der Waals surface area (Å²) in [7, 11) is 0. The van der Waals surface area contributed by atoms with Crippen molar-refractivity contribution in [2.45, 2.75) is 6.92 Å². The molecule has 45 valence electrons. The molecule has 0 aliphatic rings. The van der Waals surface area contributed by atoms with Crippen molar-refractivity contribution in [2.75, 3.05) is 0 Å². The molecule has 0 unspecified atom stereocenters. The van der Waals surface area contributed by atoms with Gasteiger partial charge in [-0.2, -0.15) is 0 Å². The van der Waals surface area contributed by atoms with Crippen LogP contribution in [0.4, 0.5) is 0 Å². The number of hydrogen-bond donors (Lipinski definition) is 0. The summed E-state index contributed by atoms with van der Waals surface area (Å²) in [5.41, 5.74) is 0. The van der Waals surface area contributed by atoms with Crippen LogP contribution in [-0.4, -0.2) is 0 Å². The third kappa shape index (κ3) is 1.62. The predicted molar refractivity (Wildman–Crippen MR) is 20.8 cm³/mol. The van der Waals surface area contributed by atoms with Gasteiger partial charge in [-0.15, -0.1) is 0 Å². The minimum Gasteiger partial charge on any atom is -0.585 e. The molecule has 0 aliphatic carbocycles. The molecule has 0 aromatic carbocycles. The zero-order chi connectivity index (χ0) is 5.28. The van der Waals surface area contributed by atoms with Gasteiger partial charge in [-0.1, -0.05) is 0 Å². The molecule has 0 saturated carbocycles. The topological polar surface area (TPSA) is 43.4 Å². The molecule has 0 fully saturated rings. The fraction of sp³-hybridized carbons (Fsp3) is 0.250. The Morgan fingerprint density at radius 1 is 1.62 bits per heavy atom. The molecule has 0 saturated heterocycles. The average molecular weight is 202 g/mol. The fourth-order valence-electron chi connectivity index (χ4n) is 0.280. The average Bonchev–Trinajstić information content (AvgIpc) is 1.87. The standard InChI is InChI=1S/C4H3O3.Rh/c1-3-2-6-4(5)7-3;/h1H3;/q-1;+2. The van der Waals surface area contributed by atoms with Crippen molar-refractivity contribution in [1.82, 2.24) is 0 Å². The third-order valence-corrected chi connectivity index (χ3v) is 0.515. The summed E-state index contributed by atoms with van der Waals surface area (Å²) in [4.78, 5) is 9.93. The van der Waals surface area contributed by atoms with Gasteiger partial charge in [0, 0.05) is 5.76 Å². The van der Waals surface area contributed by atoms with E-state index in [4.69, 9.17) is 0 Å². The van der Waals surface area contributed by atoms with Crippen molar-refractivity contribution in [3.63, 3.8) is 0 Å². The molecule has 1 aromatic heterocycles. The van der Waals surface area contributed by atoms with Crippen molar-refractivity contribution in [1.29, 1.82) is 0 Å². The molecule has 1 radical (unpaired) electrons. The maximum Gasteiger partial charge on any atom is 2.00 e. The van der Waals surface area contributed by atoms with E-state index in [2.05, 4.69) is 15.1 Å². The molecule has 3 nitrogen and oxygen atoms in total. The molecule has 1 heterocycles. The van der Waals surface area contributed by atoms with Crippen LogP contribution in [0.25, 0.3) is 0 Å². The number of hydrogen-bond acceptors (Lipinski definition) is 3. The summed E-state index contributed by atoms with van der Waals surface area (Å²) in [5, 5.41) is 0. The first kappa shape index (κ1) is 7.63. The Labute approximate surface area is 58.4 Å². The van der Waals surface area contributed by atoms with Crippen molar-refractivity contribution in [3.8, 4) is 0 Å². The Kier molecular flexibility index (Phi) is 2.69. The second kappa shape index (κ2) is 2.82. The second-order valence-corrected chi connectivity index (χ2v) is 1.11. The molecule has 0 atom stereocenters. The Hall–Kier alpha value is -0.367. The van der Waals surface area contributed by atoms with Crippen molar-refractivity contribution >= 4 is 0 Å².